The van der Waals surface area contributed by atoms with Crippen LogP contribution in [0.5, 0.6) is 0 Å². The number of rotatable bonds is 4. The fraction of sp³-hybridized carbons (Fsp3) is 0.455. The normalized spacial score (nSPS) is 23.4. The van der Waals surface area contributed by atoms with Crippen molar-refractivity contribution in [2.24, 2.45) is 0 Å². The molecule has 0 spiro atoms. The second kappa shape index (κ2) is 5.81. The van der Waals surface area contributed by atoms with Gasteiger partial charge in [-0.2, -0.15) is 0 Å². The minimum atomic E-state index is -3.81. The first-order valence-electron chi connectivity index (χ1n) is 6.00. The van der Waals surface area contributed by atoms with E-state index in [1.54, 1.807) is 0 Å². The van der Waals surface area contributed by atoms with Gasteiger partial charge in [0.15, 0.2) is 0 Å². The number of alkyl halides is 1. The van der Waals surface area contributed by atoms with Crippen LogP contribution in [0.15, 0.2) is 29.2 Å². The monoisotopic (exact) mass is 303 g/mol. The lowest BCUT2D eigenvalue weighted by molar-refractivity contribution is -0.384. The van der Waals surface area contributed by atoms with Crippen molar-refractivity contribution in [1.29, 1.82) is 0 Å². The Bertz CT molecular complexity index is 590. The van der Waals surface area contributed by atoms with Gasteiger partial charge in [-0.1, -0.05) is 0 Å². The molecule has 9 heteroatoms. The van der Waals surface area contributed by atoms with E-state index < -0.39 is 27.2 Å². The molecule has 2 N–H and O–H groups in total. The summed E-state index contributed by atoms with van der Waals surface area (Å²) < 4.78 is 39.7. The number of hydrogen-bond donors (Lipinski definition) is 2. The number of nitro benzene ring substituents is 1. The molecule has 0 amide bonds. The zero-order valence-corrected chi connectivity index (χ0v) is 11.3. The molecule has 2 rings (SSSR count). The molecule has 7 nitrogen and oxygen atoms in total. The highest BCUT2D eigenvalue weighted by molar-refractivity contribution is 7.89. The molecule has 1 fully saturated rings. The van der Waals surface area contributed by atoms with E-state index in [1.807, 2.05) is 0 Å². The fourth-order valence-corrected chi connectivity index (χ4v) is 3.26. The number of non-ortho nitro benzene ring substituents is 1. The number of benzene rings is 1. The van der Waals surface area contributed by atoms with Gasteiger partial charge < -0.3 is 5.32 Å². The van der Waals surface area contributed by atoms with Crippen LogP contribution in [-0.4, -0.2) is 38.6 Å². The number of hydrogen-bond acceptors (Lipinski definition) is 5. The molecular formula is C11H14FN3O4S. The molecule has 0 bridgehead atoms. The Morgan fingerprint density at radius 2 is 1.95 bits per heavy atom. The van der Waals surface area contributed by atoms with E-state index in [0.717, 1.165) is 24.3 Å². The molecule has 1 aromatic carbocycles. The Balaban J connectivity index is 2.11. The predicted molar refractivity (Wildman–Crippen MR) is 69.6 cm³/mol. The van der Waals surface area contributed by atoms with Crippen molar-refractivity contribution < 1.29 is 17.7 Å². The Hall–Kier alpha value is -1.58. The summed E-state index contributed by atoms with van der Waals surface area (Å²) in [5.41, 5.74) is -0.188. The smallest absolute Gasteiger partial charge is 0.269 e. The molecule has 0 unspecified atom stereocenters. The van der Waals surface area contributed by atoms with Gasteiger partial charge in [-0.05, 0) is 18.6 Å². The van der Waals surface area contributed by atoms with E-state index >= 15 is 0 Å². The first-order valence-corrected chi connectivity index (χ1v) is 7.48. The van der Waals surface area contributed by atoms with Gasteiger partial charge >= 0.3 is 0 Å². The lowest BCUT2D eigenvalue weighted by Gasteiger charge is -2.26. The first kappa shape index (κ1) is 14.8. The third-order valence-corrected chi connectivity index (χ3v) is 4.51. The van der Waals surface area contributed by atoms with Crippen LogP contribution < -0.4 is 10.0 Å². The van der Waals surface area contributed by atoms with Gasteiger partial charge in [-0.3, -0.25) is 10.1 Å². The van der Waals surface area contributed by atoms with Crippen molar-refractivity contribution in [3.63, 3.8) is 0 Å². The molecule has 1 saturated heterocycles. The first-order chi connectivity index (χ1) is 9.38. The predicted octanol–water partition coefficient (Wildman–Crippen LogP) is 0.573. The summed E-state index contributed by atoms with van der Waals surface area (Å²) in [6, 6.07) is 4.02. The summed E-state index contributed by atoms with van der Waals surface area (Å²) in [7, 11) is -3.81. The lowest BCUT2D eigenvalue weighted by atomic mass is 10.1. The van der Waals surface area contributed by atoms with Crippen molar-refractivity contribution in [3.8, 4) is 0 Å². The highest BCUT2D eigenvalue weighted by atomic mass is 32.2. The van der Waals surface area contributed by atoms with Crippen LogP contribution in [0.4, 0.5) is 10.1 Å². The molecular weight excluding hydrogens is 289 g/mol. The Morgan fingerprint density at radius 3 is 2.50 bits per heavy atom. The third kappa shape index (κ3) is 3.50. The van der Waals surface area contributed by atoms with E-state index in [-0.39, 0.29) is 23.5 Å². The maximum atomic E-state index is 13.2. The van der Waals surface area contributed by atoms with Crippen molar-refractivity contribution in [2.45, 2.75) is 23.5 Å². The van der Waals surface area contributed by atoms with Gasteiger partial charge in [0.1, 0.15) is 6.17 Å². The number of halogens is 1. The Morgan fingerprint density at radius 1 is 1.30 bits per heavy atom. The van der Waals surface area contributed by atoms with Crippen molar-refractivity contribution in [3.05, 3.63) is 34.4 Å². The summed E-state index contributed by atoms with van der Waals surface area (Å²) in [6.45, 7) is 0.572. The van der Waals surface area contributed by atoms with Crippen LogP contribution in [0, 0.1) is 10.1 Å². The van der Waals surface area contributed by atoms with Gasteiger partial charge in [0, 0.05) is 31.3 Å². The van der Waals surface area contributed by atoms with Crippen LogP contribution in [0.3, 0.4) is 0 Å². The van der Waals surface area contributed by atoms with Gasteiger partial charge in [-0.15, -0.1) is 0 Å². The standard InChI is InChI=1S/C11H14FN3O4S/c12-8-5-9(7-13-6-8)14-20(18,19)11-3-1-10(2-4-11)15(16)17/h1-4,8-9,13-14H,5-7H2/t8-,9-/m1/s1. The molecule has 1 heterocycles. The van der Waals surface area contributed by atoms with Crippen molar-refractivity contribution in [2.75, 3.05) is 13.1 Å². The maximum Gasteiger partial charge on any atom is 0.269 e. The molecule has 110 valence electrons. The highest BCUT2D eigenvalue weighted by Crippen LogP contribution is 2.17. The van der Waals surface area contributed by atoms with E-state index in [4.69, 9.17) is 0 Å². The number of sulfonamides is 1. The van der Waals surface area contributed by atoms with Gasteiger partial charge in [-0.25, -0.2) is 17.5 Å². The molecule has 1 aliphatic heterocycles. The summed E-state index contributed by atoms with van der Waals surface area (Å²) in [6.07, 6.45) is -0.979. The Labute approximate surface area is 115 Å². The summed E-state index contributed by atoms with van der Waals surface area (Å²) >= 11 is 0. The van der Waals surface area contributed by atoms with E-state index in [1.165, 1.54) is 0 Å². The SMILES string of the molecule is O=[N+]([O-])c1ccc(S(=O)(=O)N[C@H]2CNC[C@H](F)C2)cc1. The number of nitrogens with one attached hydrogen (secondary N) is 2. The molecule has 0 radical (unpaired) electrons. The average Bonchev–Trinajstić information content (AvgIpc) is 2.38. The minimum Gasteiger partial charge on any atom is -0.312 e. The van der Waals surface area contributed by atoms with E-state index in [0.29, 0.717) is 6.54 Å². The zero-order valence-electron chi connectivity index (χ0n) is 10.5. The quantitative estimate of drug-likeness (QED) is 0.625. The van der Waals surface area contributed by atoms with Gasteiger partial charge in [0.25, 0.3) is 5.69 Å². The second-order valence-corrected chi connectivity index (χ2v) is 6.27. The topological polar surface area (TPSA) is 101 Å². The summed E-state index contributed by atoms with van der Waals surface area (Å²) in [4.78, 5) is 9.82. The second-order valence-electron chi connectivity index (χ2n) is 4.56. The number of nitrogens with zero attached hydrogens (tertiary/aromatic N) is 1. The summed E-state index contributed by atoms with van der Waals surface area (Å²) in [5, 5.41) is 13.3. The van der Waals surface area contributed by atoms with Crippen LogP contribution in [0.2, 0.25) is 0 Å². The largest absolute Gasteiger partial charge is 0.312 e. The number of nitro groups is 1. The molecule has 2 atom stereocenters. The minimum absolute atomic E-state index is 0.0796. The number of piperidine rings is 1. The maximum absolute atomic E-state index is 13.2. The highest BCUT2D eigenvalue weighted by Gasteiger charge is 2.26. The molecule has 0 aromatic heterocycles. The van der Waals surface area contributed by atoms with Gasteiger partial charge in [0.05, 0.1) is 9.82 Å². The van der Waals surface area contributed by atoms with Crippen LogP contribution in [0.1, 0.15) is 6.42 Å². The fourth-order valence-electron chi connectivity index (χ4n) is 2.01. The summed E-state index contributed by atoms with van der Waals surface area (Å²) in [5.74, 6) is 0. The van der Waals surface area contributed by atoms with Crippen LogP contribution in [-0.2, 0) is 10.0 Å². The lowest BCUT2D eigenvalue weighted by Crippen LogP contribution is -2.49. The van der Waals surface area contributed by atoms with Gasteiger partial charge in [0.2, 0.25) is 10.0 Å². The van der Waals surface area contributed by atoms with Crippen molar-refractivity contribution in [1.82, 2.24) is 10.0 Å². The van der Waals surface area contributed by atoms with E-state index in [9.17, 15) is 22.9 Å². The zero-order chi connectivity index (χ0) is 14.8. The van der Waals surface area contributed by atoms with Crippen LogP contribution in [0.25, 0.3) is 0 Å². The van der Waals surface area contributed by atoms with Crippen LogP contribution >= 0.6 is 0 Å². The molecule has 0 aliphatic carbocycles. The van der Waals surface area contributed by atoms with Crippen molar-refractivity contribution >= 4 is 15.7 Å². The third-order valence-electron chi connectivity index (χ3n) is 2.98. The molecule has 20 heavy (non-hydrogen) atoms. The van der Waals surface area contributed by atoms with E-state index in [2.05, 4.69) is 10.0 Å². The molecule has 0 saturated carbocycles. The average molecular weight is 303 g/mol. The Kier molecular flexibility index (Phi) is 4.31. The molecule has 1 aliphatic rings. The molecule has 1 aromatic rings.